The third-order valence-corrected chi connectivity index (χ3v) is 2.99. The SMILES string of the molecule is C[C@H]1CC[C@H](C(C)(C)O)[C@@H](O)C1. The Labute approximate surface area is 74.6 Å². The standard InChI is InChI=1S/C10H20O2/c1-7-4-5-8(9(11)6-7)10(2,3)12/h7-9,11-12H,4-6H2,1-3H3/t7-,8-,9-/m0/s1. The van der Waals surface area contributed by atoms with Crippen molar-refractivity contribution in [2.75, 3.05) is 0 Å². The number of hydrogen-bond acceptors (Lipinski definition) is 2. The molecule has 0 aromatic rings. The van der Waals surface area contributed by atoms with E-state index in [0.717, 1.165) is 19.3 Å². The van der Waals surface area contributed by atoms with E-state index in [4.69, 9.17) is 0 Å². The average molecular weight is 172 g/mol. The molecule has 1 rings (SSSR count). The van der Waals surface area contributed by atoms with E-state index in [9.17, 15) is 10.2 Å². The minimum absolute atomic E-state index is 0.0636. The summed E-state index contributed by atoms with van der Waals surface area (Å²) in [6, 6.07) is 0. The van der Waals surface area contributed by atoms with Crippen molar-refractivity contribution in [3.63, 3.8) is 0 Å². The quantitative estimate of drug-likeness (QED) is 0.630. The second-order valence-corrected chi connectivity index (χ2v) is 4.75. The van der Waals surface area contributed by atoms with Crippen LogP contribution in [-0.4, -0.2) is 21.9 Å². The van der Waals surface area contributed by atoms with Gasteiger partial charge in [0.2, 0.25) is 0 Å². The molecule has 0 aromatic heterocycles. The van der Waals surface area contributed by atoms with Gasteiger partial charge in [-0.1, -0.05) is 13.3 Å². The molecule has 0 unspecified atom stereocenters. The van der Waals surface area contributed by atoms with Crippen molar-refractivity contribution in [1.82, 2.24) is 0 Å². The van der Waals surface area contributed by atoms with Crippen LogP contribution >= 0.6 is 0 Å². The van der Waals surface area contributed by atoms with Gasteiger partial charge >= 0.3 is 0 Å². The van der Waals surface area contributed by atoms with Crippen LogP contribution in [0.5, 0.6) is 0 Å². The largest absolute Gasteiger partial charge is 0.393 e. The van der Waals surface area contributed by atoms with Gasteiger partial charge in [-0.2, -0.15) is 0 Å². The first-order valence-corrected chi connectivity index (χ1v) is 4.81. The van der Waals surface area contributed by atoms with E-state index in [1.54, 1.807) is 13.8 Å². The summed E-state index contributed by atoms with van der Waals surface area (Å²) in [7, 11) is 0. The Balaban J connectivity index is 2.57. The maximum absolute atomic E-state index is 9.74. The van der Waals surface area contributed by atoms with Crippen LogP contribution in [0.25, 0.3) is 0 Å². The molecule has 0 amide bonds. The Morgan fingerprint density at radius 3 is 2.25 bits per heavy atom. The molecule has 0 bridgehead atoms. The molecule has 0 aliphatic heterocycles. The van der Waals surface area contributed by atoms with Gasteiger partial charge in [-0.15, -0.1) is 0 Å². The van der Waals surface area contributed by atoms with Gasteiger partial charge in [-0.05, 0) is 32.6 Å². The van der Waals surface area contributed by atoms with Gasteiger partial charge in [-0.3, -0.25) is 0 Å². The third kappa shape index (κ3) is 2.20. The van der Waals surface area contributed by atoms with Crippen LogP contribution in [0.1, 0.15) is 40.0 Å². The Morgan fingerprint density at radius 1 is 1.25 bits per heavy atom. The number of hydrogen-bond donors (Lipinski definition) is 2. The Hall–Kier alpha value is -0.0800. The van der Waals surface area contributed by atoms with Crippen molar-refractivity contribution in [3.05, 3.63) is 0 Å². The maximum atomic E-state index is 9.74. The minimum Gasteiger partial charge on any atom is -0.393 e. The summed E-state index contributed by atoms with van der Waals surface area (Å²) >= 11 is 0. The molecule has 3 atom stereocenters. The van der Waals surface area contributed by atoms with Crippen LogP contribution in [0.15, 0.2) is 0 Å². The van der Waals surface area contributed by atoms with Gasteiger partial charge in [0.1, 0.15) is 0 Å². The molecule has 1 saturated carbocycles. The fourth-order valence-corrected chi connectivity index (χ4v) is 2.17. The van der Waals surface area contributed by atoms with Crippen molar-refractivity contribution < 1.29 is 10.2 Å². The van der Waals surface area contributed by atoms with Gasteiger partial charge in [0, 0.05) is 5.92 Å². The highest BCUT2D eigenvalue weighted by Gasteiger charge is 2.36. The predicted molar refractivity (Wildman–Crippen MR) is 48.8 cm³/mol. The monoisotopic (exact) mass is 172 g/mol. The molecular formula is C10H20O2. The van der Waals surface area contributed by atoms with E-state index >= 15 is 0 Å². The molecule has 2 N–H and O–H groups in total. The highest BCUT2D eigenvalue weighted by molar-refractivity contribution is 4.87. The van der Waals surface area contributed by atoms with Crippen molar-refractivity contribution in [2.24, 2.45) is 11.8 Å². The summed E-state index contributed by atoms with van der Waals surface area (Å²) in [5.41, 5.74) is -0.723. The topological polar surface area (TPSA) is 40.5 Å². The number of aliphatic hydroxyl groups is 2. The first-order chi connectivity index (χ1) is 5.41. The first kappa shape index (κ1) is 10.0. The lowest BCUT2D eigenvalue weighted by Crippen LogP contribution is -2.42. The number of rotatable bonds is 1. The zero-order valence-corrected chi connectivity index (χ0v) is 8.25. The van der Waals surface area contributed by atoms with Crippen molar-refractivity contribution in [1.29, 1.82) is 0 Å². The fraction of sp³-hybridized carbons (Fsp3) is 1.00. The van der Waals surface area contributed by atoms with E-state index in [0.29, 0.717) is 5.92 Å². The van der Waals surface area contributed by atoms with E-state index in [2.05, 4.69) is 6.92 Å². The molecule has 0 saturated heterocycles. The Bertz CT molecular complexity index is 148. The van der Waals surface area contributed by atoms with Crippen LogP contribution in [0.3, 0.4) is 0 Å². The molecule has 0 heterocycles. The molecule has 0 radical (unpaired) electrons. The van der Waals surface area contributed by atoms with Gasteiger partial charge in [0.15, 0.2) is 0 Å². The van der Waals surface area contributed by atoms with E-state index in [1.165, 1.54) is 0 Å². The molecule has 2 heteroatoms. The second-order valence-electron chi connectivity index (χ2n) is 4.75. The summed E-state index contributed by atoms with van der Waals surface area (Å²) in [6.45, 7) is 5.73. The minimum atomic E-state index is -0.723. The van der Waals surface area contributed by atoms with E-state index in [1.807, 2.05) is 0 Å². The molecular weight excluding hydrogens is 152 g/mol. The van der Waals surface area contributed by atoms with E-state index in [-0.39, 0.29) is 12.0 Å². The van der Waals surface area contributed by atoms with Crippen LogP contribution in [0.4, 0.5) is 0 Å². The Morgan fingerprint density at radius 2 is 1.83 bits per heavy atom. The maximum Gasteiger partial charge on any atom is 0.0644 e. The normalized spacial score (nSPS) is 38.2. The lowest BCUT2D eigenvalue weighted by molar-refractivity contribution is -0.0730. The zero-order valence-electron chi connectivity index (χ0n) is 8.25. The lowest BCUT2D eigenvalue weighted by atomic mass is 9.73. The summed E-state index contributed by atoms with van der Waals surface area (Å²) in [6.07, 6.45) is 2.61. The van der Waals surface area contributed by atoms with Crippen LogP contribution in [0.2, 0.25) is 0 Å². The van der Waals surface area contributed by atoms with Crippen molar-refractivity contribution >= 4 is 0 Å². The number of aliphatic hydroxyl groups excluding tert-OH is 1. The van der Waals surface area contributed by atoms with Gasteiger partial charge in [0.25, 0.3) is 0 Å². The fourth-order valence-electron chi connectivity index (χ4n) is 2.17. The molecule has 12 heavy (non-hydrogen) atoms. The highest BCUT2D eigenvalue weighted by Crippen LogP contribution is 2.35. The Kier molecular flexibility index (Phi) is 2.79. The van der Waals surface area contributed by atoms with Crippen LogP contribution in [0, 0.1) is 11.8 Å². The molecule has 0 spiro atoms. The lowest BCUT2D eigenvalue weighted by Gasteiger charge is -2.38. The molecule has 72 valence electrons. The van der Waals surface area contributed by atoms with E-state index < -0.39 is 5.60 Å². The zero-order chi connectivity index (χ0) is 9.35. The van der Waals surface area contributed by atoms with Gasteiger partial charge in [0.05, 0.1) is 11.7 Å². The first-order valence-electron chi connectivity index (χ1n) is 4.81. The molecule has 1 aliphatic rings. The summed E-state index contributed by atoms with van der Waals surface area (Å²) in [5.74, 6) is 0.673. The highest BCUT2D eigenvalue weighted by atomic mass is 16.3. The van der Waals surface area contributed by atoms with Crippen molar-refractivity contribution in [2.45, 2.75) is 51.7 Å². The predicted octanol–water partition coefficient (Wildman–Crippen LogP) is 1.55. The molecule has 1 fully saturated rings. The summed E-state index contributed by atoms with van der Waals surface area (Å²) in [4.78, 5) is 0. The van der Waals surface area contributed by atoms with Gasteiger partial charge < -0.3 is 10.2 Å². The van der Waals surface area contributed by atoms with Crippen LogP contribution in [-0.2, 0) is 0 Å². The second kappa shape index (κ2) is 3.35. The average Bonchev–Trinajstić information content (AvgIpc) is 1.83. The van der Waals surface area contributed by atoms with Crippen molar-refractivity contribution in [3.8, 4) is 0 Å². The molecule has 2 nitrogen and oxygen atoms in total. The third-order valence-electron chi connectivity index (χ3n) is 2.99. The molecule has 1 aliphatic carbocycles. The van der Waals surface area contributed by atoms with Gasteiger partial charge in [-0.25, -0.2) is 0 Å². The van der Waals surface area contributed by atoms with Crippen LogP contribution < -0.4 is 0 Å². The molecule has 0 aromatic carbocycles. The summed E-state index contributed by atoms with van der Waals surface area (Å²) < 4.78 is 0. The summed E-state index contributed by atoms with van der Waals surface area (Å²) in [5, 5.41) is 19.5. The smallest absolute Gasteiger partial charge is 0.0644 e.